The number of fused-ring (bicyclic) bond motifs is 1. The summed E-state index contributed by atoms with van der Waals surface area (Å²) < 4.78 is 17.1. The lowest BCUT2D eigenvalue weighted by molar-refractivity contribution is -0.149. The maximum Gasteiger partial charge on any atom is 0.311 e. The molecule has 1 saturated heterocycles. The normalized spacial score (nSPS) is 16.3. The number of amides is 1. The Labute approximate surface area is 171 Å². The fourth-order valence-electron chi connectivity index (χ4n) is 3.34. The summed E-state index contributed by atoms with van der Waals surface area (Å²) in [4.78, 5) is 31.1. The van der Waals surface area contributed by atoms with Gasteiger partial charge in [0.1, 0.15) is 23.1 Å². The van der Waals surface area contributed by atoms with Crippen molar-refractivity contribution in [3.8, 4) is 11.5 Å². The van der Waals surface area contributed by atoms with Crippen molar-refractivity contribution in [2.75, 3.05) is 25.7 Å². The number of thiazole rings is 1. The number of esters is 1. The van der Waals surface area contributed by atoms with Crippen molar-refractivity contribution in [2.45, 2.75) is 13.0 Å². The van der Waals surface area contributed by atoms with E-state index in [4.69, 9.17) is 14.2 Å². The lowest BCUT2D eigenvalue weighted by atomic mass is 10.1. The van der Waals surface area contributed by atoms with E-state index in [2.05, 4.69) is 4.98 Å². The third kappa shape index (κ3) is 3.88. The average Bonchev–Trinajstić information content (AvgIpc) is 3.34. The summed E-state index contributed by atoms with van der Waals surface area (Å²) in [5.74, 6) is 0.0614. The van der Waals surface area contributed by atoms with Gasteiger partial charge in [0, 0.05) is 19.0 Å². The highest BCUT2D eigenvalue weighted by molar-refractivity contribution is 7.18. The highest BCUT2D eigenvalue weighted by Gasteiger charge is 2.37. The highest BCUT2D eigenvalue weighted by atomic mass is 32.1. The molecule has 29 heavy (non-hydrogen) atoms. The molecule has 0 saturated carbocycles. The summed E-state index contributed by atoms with van der Waals surface area (Å²) in [5, 5.41) is 0.732. The van der Waals surface area contributed by atoms with Crippen LogP contribution >= 0.6 is 11.3 Å². The van der Waals surface area contributed by atoms with Crippen molar-refractivity contribution in [3.63, 3.8) is 0 Å². The molecule has 7 nitrogen and oxygen atoms in total. The summed E-state index contributed by atoms with van der Waals surface area (Å²) in [6, 6.07) is 13.0. The van der Waals surface area contributed by atoms with E-state index in [1.165, 1.54) is 18.4 Å². The molecule has 1 aliphatic rings. The molecule has 3 aromatic rings. The van der Waals surface area contributed by atoms with Gasteiger partial charge in [0.25, 0.3) is 0 Å². The molecule has 1 aliphatic heterocycles. The second-order valence-electron chi connectivity index (χ2n) is 6.63. The van der Waals surface area contributed by atoms with E-state index in [0.717, 1.165) is 15.2 Å². The molecule has 2 heterocycles. The zero-order valence-electron chi connectivity index (χ0n) is 16.1. The lowest BCUT2D eigenvalue weighted by Gasteiger charge is -2.20. The number of nitrogens with zero attached hydrogens (tertiary/aromatic N) is 2. The van der Waals surface area contributed by atoms with Crippen molar-refractivity contribution in [2.24, 2.45) is 5.92 Å². The van der Waals surface area contributed by atoms with Crippen LogP contribution in [0.25, 0.3) is 10.2 Å². The van der Waals surface area contributed by atoms with Gasteiger partial charge < -0.3 is 19.1 Å². The van der Waals surface area contributed by atoms with Crippen molar-refractivity contribution in [1.82, 2.24) is 4.98 Å². The molecular formula is C21H20N2O5S. The zero-order valence-corrected chi connectivity index (χ0v) is 16.9. The molecule has 1 aromatic heterocycles. The molecule has 1 atom stereocenters. The van der Waals surface area contributed by atoms with Gasteiger partial charge in [-0.15, -0.1) is 11.3 Å². The minimum Gasteiger partial charge on any atom is -0.497 e. The van der Waals surface area contributed by atoms with E-state index in [1.54, 1.807) is 30.2 Å². The number of carbonyl (C=O) groups excluding carboxylic acids is 2. The van der Waals surface area contributed by atoms with Crippen LogP contribution in [0.4, 0.5) is 5.69 Å². The Hall–Kier alpha value is -3.13. The van der Waals surface area contributed by atoms with E-state index in [1.807, 2.05) is 24.3 Å². The monoisotopic (exact) mass is 412 g/mol. The number of benzene rings is 2. The van der Waals surface area contributed by atoms with Crippen molar-refractivity contribution in [3.05, 3.63) is 47.5 Å². The SMILES string of the molecule is COc1ccc(OC)c(N2CC(C(=O)OCc3nc4ccccc4s3)CC2=O)c1. The molecule has 0 bridgehead atoms. The maximum absolute atomic E-state index is 12.6. The van der Waals surface area contributed by atoms with Gasteiger partial charge in [-0.3, -0.25) is 9.59 Å². The van der Waals surface area contributed by atoms with Gasteiger partial charge in [-0.2, -0.15) is 0 Å². The molecule has 0 aliphatic carbocycles. The molecule has 1 amide bonds. The molecule has 2 aromatic carbocycles. The first-order chi connectivity index (χ1) is 14.1. The van der Waals surface area contributed by atoms with Crippen LogP contribution in [0.15, 0.2) is 42.5 Å². The molecule has 1 unspecified atom stereocenters. The number of aromatic nitrogens is 1. The second-order valence-corrected chi connectivity index (χ2v) is 7.74. The molecule has 1 fully saturated rings. The van der Waals surface area contributed by atoms with Gasteiger partial charge in [0.05, 0.1) is 36.0 Å². The molecule has 4 rings (SSSR count). The minimum atomic E-state index is -0.534. The van der Waals surface area contributed by atoms with Gasteiger partial charge in [-0.1, -0.05) is 12.1 Å². The summed E-state index contributed by atoms with van der Waals surface area (Å²) in [7, 11) is 3.09. The third-order valence-corrected chi connectivity index (χ3v) is 5.82. The third-order valence-electron chi connectivity index (χ3n) is 4.81. The van der Waals surface area contributed by atoms with Crippen LogP contribution in [0.1, 0.15) is 11.4 Å². The van der Waals surface area contributed by atoms with Crippen molar-refractivity contribution in [1.29, 1.82) is 0 Å². The number of ether oxygens (including phenoxy) is 3. The summed E-state index contributed by atoms with van der Waals surface area (Å²) in [6.07, 6.45) is 0.0963. The van der Waals surface area contributed by atoms with Crippen molar-refractivity contribution >= 4 is 39.1 Å². The standard InChI is InChI=1S/C21H20N2O5S/c1-26-14-7-8-17(27-2)16(10-14)23-11-13(9-20(23)24)21(25)28-12-19-22-15-5-3-4-6-18(15)29-19/h3-8,10,13H,9,11-12H2,1-2H3. The summed E-state index contributed by atoms with van der Waals surface area (Å²) in [5.41, 5.74) is 1.47. The largest absolute Gasteiger partial charge is 0.497 e. The highest BCUT2D eigenvalue weighted by Crippen LogP contribution is 2.36. The van der Waals surface area contributed by atoms with Crippen LogP contribution < -0.4 is 14.4 Å². The summed E-state index contributed by atoms with van der Waals surface area (Å²) in [6.45, 7) is 0.340. The Morgan fingerprint density at radius 1 is 1.21 bits per heavy atom. The molecule has 150 valence electrons. The van der Waals surface area contributed by atoms with E-state index in [-0.39, 0.29) is 25.5 Å². The Kier molecular flexibility index (Phi) is 5.35. The van der Waals surface area contributed by atoms with Crippen LogP contribution in [0.5, 0.6) is 11.5 Å². The second kappa shape index (κ2) is 8.08. The van der Waals surface area contributed by atoms with Crippen LogP contribution in [0.2, 0.25) is 0 Å². The fraction of sp³-hybridized carbons (Fsp3) is 0.286. The molecule has 0 radical (unpaired) electrons. The first-order valence-electron chi connectivity index (χ1n) is 9.12. The van der Waals surface area contributed by atoms with Gasteiger partial charge in [0.2, 0.25) is 5.91 Å². The molecule has 8 heteroatoms. The van der Waals surface area contributed by atoms with Gasteiger partial charge >= 0.3 is 5.97 Å². The predicted molar refractivity (Wildman–Crippen MR) is 109 cm³/mol. The Bertz CT molecular complexity index is 1030. The van der Waals surface area contributed by atoms with Gasteiger partial charge in [0.15, 0.2) is 0 Å². The van der Waals surface area contributed by atoms with E-state index >= 15 is 0 Å². The number of rotatable bonds is 6. The van der Waals surface area contributed by atoms with Crippen LogP contribution in [-0.4, -0.2) is 37.6 Å². The van der Waals surface area contributed by atoms with Gasteiger partial charge in [-0.05, 0) is 24.3 Å². The maximum atomic E-state index is 12.6. The van der Waals surface area contributed by atoms with Crippen molar-refractivity contribution < 1.29 is 23.8 Å². The first-order valence-corrected chi connectivity index (χ1v) is 9.94. The minimum absolute atomic E-state index is 0.0963. The molecule has 0 N–H and O–H groups in total. The molecular weight excluding hydrogens is 392 g/mol. The van der Waals surface area contributed by atoms with E-state index in [9.17, 15) is 9.59 Å². The first kappa shape index (κ1) is 19.2. The number of hydrogen-bond donors (Lipinski definition) is 0. The topological polar surface area (TPSA) is 78.0 Å². The number of methoxy groups -OCH3 is 2. The molecule has 0 spiro atoms. The smallest absolute Gasteiger partial charge is 0.311 e. The Morgan fingerprint density at radius 2 is 2.03 bits per heavy atom. The van der Waals surface area contributed by atoms with Crippen LogP contribution in [-0.2, 0) is 20.9 Å². The number of anilines is 1. The quantitative estimate of drug-likeness (QED) is 0.578. The average molecular weight is 412 g/mol. The Balaban J connectivity index is 1.44. The van der Waals surface area contributed by atoms with E-state index < -0.39 is 11.9 Å². The van der Waals surface area contributed by atoms with Crippen LogP contribution in [0.3, 0.4) is 0 Å². The summed E-state index contributed by atoms with van der Waals surface area (Å²) >= 11 is 1.49. The predicted octanol–water partition coefficient (Wildman–Crippen LogP) is 3.41. The van der Waals surface area contributed by atoms with Crippen LogP contribution in [0, 0.1) is 5.92 Å². The number of hydrogen-bond acceptors (Lipinski definition) is 7. The number of para-hydroxylation sites is 1. The number of carbonyl (C=O) groups is 2. The fourth-order valence-corrected chi connectivity index (χ4v) is 4.22. The lowest BCUT2D eigenvalue weighted by Crippen LogP contribution is -2.26. The van der Waals surface area contributed by atoms with Gasteiger partial charge in [-0.25, -0.2) is 4.98 Å². The Morgan fingerprint density at radius 3 is 2.79 bits per heavy atom. The van der Waals surface area contributed by atoms with E-state index in [0.29, 0.717) is 17.2 Å². The zero-order chi connectivity index (χ0) is 20.4.